The second-order valence-electron chi connectivity index (χ2n) is 6.14. The van der Waals surface area contributed by atoms with Crippen LogP contribution >= 0.6 is 0 Å². The fraction of sp³-hybridized carbons (Fsp3) is 0.333. The number of benzene rings is 2. The smallest absolute Gasteiger partial charge is 0.262 e. The molecule has 1 fully saturated rings. The zero-order valence-electron chi connectivity index (χ0n) is 13.2. The molecular weight excluding hydrogens is 329 g/mol. The highest BCUT2D eigenvalue weighted by Gasteiger charge is 2.20. The molecule has 0 saturated heterocycles. The van der Waals surface area contributed by atoms with Gasteiger partial charge in [-0.05, 0) is 48.6 Å². The van der Waals surface area contributed by atoms with Crippen LogP contribution < -0.4 is 4.72 Å². The van der Waals surface area contributed by atoms with Gasteiger partial charge in [0.15, 0.2) is 5.82 Å². The third kappa shape index (κ3) is 3.53. The lowest BCUT2D eigenvalue weighted by Gasteiger charge is -2.22. The number of phenolic OH excluding ortho intramolecular Hbond substituents is 1. The summed E-state index contributed by atoms with van der Waals surface area (Å²) in [6.45, 7) is 0. The van der Waals surface area contributed by atoms with Crippen LogP contribution in [-0.2, 0) is 10.0 Å². The molecule has 0 unspecified atom stereocenters. The molecule has 2 aromatic rings. The minimum Gasteiger partial charge on any atom is -0.506 e. The van der Waals surface area contributed by atoms with E-state index in [4.69, 9.17) is 0 Å². The topological polar surface area (TPSA) is 66.4 Å². The Morgan fingerprint density at radius 1 is 1.00 bits per heavy atom. The van der Waals surface area contributed by atoms with Gasteiger partial charge in [0.25, 0.3) is 10.0 Å². The Morgan fingerprint density at radius 3 is 2.29 bits per heavy atom. The maximum atomic E-state index is 13.7. The van der Waals surface area contributed by atoms with E-state index < -0.39 is 27.3 Å². The third-order valence-electron chi connectivity index (χ3n) is 4.50. The predicted molar refractivity (Wildman–Crippen MR) is 91.1 cm³/mol. The largest absolute Gasteiger partial charge is 0.506 e. The standard InChI is InChI=1S/C18H20FNO3S/c19-16-7-4-8-17(21)18(16)20-24(22,23)15-11-9-14(10-12-15)13-5-2-1-3-6-13/h4,7-13,20-21H,1-3,5-6H2. The summed E-state index contributed by atoms with van der Waals surface area (Å²) in [5.74, 6) is -0.783. The second kappa shape index (κ2) is 6.81. The SMILES string of the molecule is O=S(=O)(Nc1c(O)cccc1F)c1ccc(C2CCCCC2)cc1. The van der Waals surface area contributed by atoms with E-state index in [1.165, 1.54) is 43.5 Å². The van der Waals surface area contributed by atoms with Crippen molar-refractivity contribution in [2.45, 2.75) is 42.9 Å². The molecule has 2 N–H and O–H groups in total. The Bertz CT molecular complexity index is 792. The average Bonchev–Trinajstić information content (AvgIpc) is 2.59. The van der Waals surface area contributed by atoms with Gasteiger partial charge in [0.05, 0.1) is 4.90 Å². The maximum Gasteiger partial charge on any atom is 0.262 e. The van der Waals surface area contributed by atoms with Gasteiger partial charge in [0.2, 0.25) is 0 Å². The van der Waals surface area contributed by atoms with Gasteiger partial charge in [-0.15, -0.1) is 0 Å². The number of hydrogen-bond donors (Lipinski definition) is 2. The fourth-order valence-electron chi connectivity index (χ4n) is 3.16. The van der Waals surface area contributed by atoms with Crippen molar-refractivity contribution >= 4 is 15.7 Å². The number of aromatic hydroxyl groups is 1. The summed E-state index contributed by atoms with van der Waals surface area (Å²) in [4.78, 5) is 0.0460. The summed E-state index contributed by atoms with van der Waals surface area (Å²) in [7, 11) is -3.96. The van der Waals surface area contributed by atoms with Crippen molar-refractivity contribution in [1.82, 2.24) is 0 Å². The number of rotatable bonds is 4. The van der Waals surface area contributed by atoms with Crippen molar-refractivity contribution in [1.29, 1.82) is 0 Å². The molecule has 0 amide bonds. The average molecular weight is 349 g/mol. The quantitative estimate of drug-likeness (QED) is 0.805. The van der Waals surface area contributed by atoms with Gasteiger partial charge in [-0.1, -0.05) is 37.5 Å². The Balaban J connectivity index is 1.82. The van der Waals surface area contributed by atoms with Gasteiger partial charge in [0, 0.05) is 0 Å². The second-order valence-corrected chi connectivity index (χ2v) is 7.83. The Labute approximate surface area is 141 Å². The summed E-state index contributed by atoms with van der Waals surface area (Å²) < 4.78 is 40.6. The molecule has 3 rings (SSSR count). The molecule has 1 aliphatic rings. The summed E-state index contributed by atoms with van der Waals surface area (Å²) >= 11 is 0. The first kappa shape index (κ1) is 16.8. The minimum atomic E-state index is -3.96. The summed E-state index contributed by atoms with van der Waals surface area (Å²) in [6, 6.07) is 10.3. The van der Waals surface area contributed by atoms with Crippen LogP contribution in [0.1, 0.15) is 43.6 Å². The van der Waals surface area contributed by atoms with E-state index in [1.807, 2.05) is 12.1 Å². The summed E-state index contributed by atoms with van der Waals surface area (Å²) in [5, 5.41) is 9.65. The molecule has 1 saturated carbocycles. The van der Waals surface area contributed by atoms with Crippen molar-refractivity contribution in [3.63, 3.8) is 0 Å². The lowest BCUT2D eigenvalue weighted by atomic mass is 9.84. The van der Waals surface area contributed by atoms with E-state index in [0.717, 1.165) is 24.5 Å². The number of nitrogens with one attached hydrogen (secondary N) is 1. The fourth-order valence-corrected chi connectivity index (χ4v) is 4.25. The molecule has 0 aromatic heterocycles. The first-order chi connectivity index (χ1) is 11.5. The third-order valence-corrected chi connectivity index (χ3v) is 5.86. The predicted octanol–water partition coefficient (Wildman–Crippen LogP) is 4.38. The van der Waals surface area contributed by atoms with Gasteiger partial charge < -0.3 is 5.11 Å². The summed E-state index contributed by atoms with van der Waals surface area (Å²) in [6.07, 6.45) is 5.94. The molecule has 1 aliphatic carbocycles. The lowest BCUT2D eigenvalue weighted by molar-refractivity contribution is 0.443. The molecule has 0 spiro atoms. The molecule has 0 atom stereocenters. The van der Waals surface area contributed by atoms with E-state index in [-0.39, 0.29) is 4.90 Å². The number of para-hydroxylation sites is 1. The van der Waals surface area contributed by atoms with Crippen LogP contribution in [-0.4, -0.2) is 13.5 Å². The first-order valence-electron chi connectivity index (χ1n) is 8.07. The molecule has 0 aliphatic heterocycles. The molecule has 6 heteroatoms. The van der Waals surface area contributed by atoms with Gasteiger partial charge in [-0.3, -0.25) is 4.72 Å². The molecule has 24 heavy (non-hydrogen) atoms. The van der Waals surface area contributed by atoms with Gasteiger partial charge in [-0.25, -0.2) is 12.8 Å². The molecule has 0 heterocycles. The molecule has 128 valence electrons. The Kier molecular flexibility index (Phi) is 4.76. The molecule has 2 aromatic carbocycles. The van der Waals surface area contributed by atoms with Crippen LogP contribution in [0, 0.1) is 5.82 Å². The summed E-state index contributed by atoms with van der Waals surface area (Å²) in [5.41, 5.74) is 0.705. The van der Waals surface area contributed by atoms with Crippen LogP contribution in [0.25, 0.3) is 0 Å². The molecule has 0 bridgehead atoms. The molecule has 0 radical (unpaired) electrons. The Morgan fingerprint density at radius 2 is 1.67 bits per heavy atom. The van der Waals surface area contributed by atoms with Crippen molar-refractivity contribution in [2.75, 3.05) is 4.72 Å². The van der Waals surface area contributed by atoms with Crippen LogP contribution in [0.3, 0.4) is 0 Å². The zero-order valence-corrected chi connectivity index (χ0v) is 14.0. The number of hydrogen-bond acceptors (Lipinski definition) is 3. The van der Waals surface area contributed by atoms with Gasteiger partial charge in [0.1, 0.15) is 11.4 Å². The highest BCUT2D eigenvalue weighted by molar-refractivity contribution is 7.92. The first-order valence-corrected chi connectivity index (χ1v) is 9.56. The number of sulfonamides is 1. The van der Waals surface area contributed by atoms with Gasteiger partial charge in [-0.2, -0.15) is 0 Å². The number of anilines is 1. The number of phenols is 1. The highest BCUT2D eigenvalue weighted by Crippen LogP contribution is 2.33. The zero-order chi connectivity index (χ0) is 17.2. The van der Waals surface area contributed by atoms with Crippen LogP contribution in [0.5, 0.6) is 5.75 Å². The van der Waals surface area contributed by atoms with Crippen LogP contribution in [0.4, 0.5) is 10.1 Å². The normalized spacial score (nSPS) is 16.0. The van der Waals surface area contributed by atoms with Crippen LogP contribution in [0.2, 0.25) is 0 Å². The van der Waals surface area contributed by atoms with E-state index in [0.29, 0.717) is 5.92 Å². The van der Waals surface area contributed by atoms with E-state index in [1.54, 1.807) is 0 Å². The maximum absolute atomic E-state index is 13.7. The van der Waals surface area contributed by atoms with E-state index in [9.17, 15) is 17.9 Å². The van der Waals surface area contributed by atoms with E-state index >= 15 is 0 Å². The monoisotopic (exact) mass is 349 g/mol. The van der Waals surface area contributed by atoms with Crippen molar-refractivity contribution < 1.29 is 17.9 Å². The van der Waals surface area contributed by atoms with Gasteiger partial charge >= 0.3 is 0 Å². The van der Waals surface area contributed by atoms with E-state index in [2.05, 4.69) is 4.72 Å². The lowest BCUT2D eigenvalue weighted by Crippen LogP contribution is -2.14. The van der Waals surface area contributed by atoms with Crippen LogP contribution in [0.15, 0.2) is 47.4 Å². The van der Waals surface area contributed by atoms with Crippen molar-refractivity contribution in [3.8, 4) is 5.75 Å². The highest BCUT2D eigenvalue weighted by atomic mass is 32.2. The van der Waals surface area contributed by atoms with Crippen molar-refractivity contribution in [2.24, 2.45) is 0 Å². The number of halogens is 1. The molecule has 4 nitrogen and oxygen atoms in total. The van der Waals surface area contributed by atoms with Crippen molar-refractivity contribution in [3.05, 3.63) is 53.8 Å². The molecular formula is C18H20FNO3S. The minimum absolute atomic E-state index is 0.0460. The Hall–Kier alpha value is -2.08.